The van der Waals surface area contributed by atoms with E-state index >= 15 is 0 Å². The Bertz CT molecular complexity index is 1260. The SMILES string of the molecule is CSc1cccc(NC(=O)[C@H]2[C@@H]3C=C[C@]4(O3)[C@@H]2C(=O)N(Cc2cccnc2)[C@H]4C(=O)NC2CCCCC2)c1. The molecule has 3 amide bonds. The molecule has 1 aliphatic carbocycles. The molecule has 1 spiro atoms. The van der Waals surface area contributed by atoms with Gasteiger partial charge in [0.15, 0.2) is 0 Å². The predicted octanol–water partition coefficient (Wildman–Crippen LogP) is 3.54. The number of amides is 3. The number of hydrogen-bond donors (Lipinski definition) is 2. The zero-order chi connectivity index (χ0) is 26.3. The van der Waals surface area contributed by atoms with Crippen molar-refractivity contribution in [1.29, 1.82) is 0 Å². The topological polar surface area (TPSA) is 101 Å². The molecular weight excluding hydrogens is 500 g/mol. The van der Waals surface area contributed by atoms with Crippen LogP contribution in [0.15, 0.2) is 65.8 Å². The Morgan fingerprint density at radius 2 is 2.00 bits per heavy atom. The minimum Gasteiger partial charge on any atom is -0.359 e. The number of aromatic nitrogens is 1. The Balaban J connectivity index is 1.31. The van der Waals surface area contributed by atoms with Crippen molar-refractivity contribution >= 4 is 35.2 Å². The number of benzene rings is 1. The highest BCUT2D eigenvalue weighted by Crippen LogP contribution is 2.55. The number of rotatable bonds is 7. The Labute approximate surface area is 226 Å². The second kappa shape index (κ2) is 10.2. The van der Waals surface area contributed by atoms with Crippen molar-refractivity contribution in [2.45, 2.75) is 67.3 Å². The van der Waals surface area contributed by atoms with Crippen LogP contribution in [0.1, 0.15) is 37.7 Å². The van der Waals surface area contributed by atoms with Crippen LogP contribution in [0.2, 0.25) is 0 Å². The molecule has 4 heterocycles. The molecule has 3 fully saturated rings. The van der Waals surface area contributed by atoms with Crippen molar-refractivity contribution in [3.63, 3.8) is 0 Å². The summed E-state index contributed by atoms with van der Waals surface area (Å²) in [5, 5.41) is 6.22. The zero-order valence-corrected chi connectivity index (χ0v) is 22.2. The summed E-state index contributed by atoms with van der Waals surface area (Å²) in [6, 6.07) is 10.5. The first kappa shape index (κ1) is 25.1. The van der Waals surface area contributed by atoms with Crippen molar-refractivity contribution in [3.05, 3.63) is 66.5 Å². The van der Waals surface area contributed by atoms with Crippen molar-refractivity contribution in [1.82, 2.24) is 15.2 Å². The largest absolute Gasteiger partial charge is 0.359 e. The molecule has 1 saturated carbocycles. The first-order valence-electron chi connectivity index (χ1n) is 13.3. The van der Waals surface area contributed by atoms with E-state index in [1.807, 2.05) is 54.8 Å². The molecule has 0 radical (unpaired) electrons. The molecule has 8 nitrogen and oxygen atoms in total. The number of ether oxygens (including phenoxy) is 1. The Kier molecular flexibility index (Phi) is 6.74. The monoisotopic (exact) mass is 532 g/mol. The van der Waals surface area contributed by atoms with Crippen LogP contribution in [0.4, 0.5) is 5.69 Å². The third-order valence-electron chi connectivity index (χ3n) is 8.29. The van der Waals surface area contributed by atoms with Crippen LogP contribution in [-0.2, 0) is 25.7 Å². The van der Waals surface area contributed by atoms with Crippen LogP contribution in [-0.4, -0.2) is 57.6 Å². The van der Waals surface area contributed by atoms with Crippen LogP contribution < -0.4 is 10.6 Å². The number of thioether (sulfide) groups is 1. The average Bonchev–Trinajstić information content (AvgIpc) is 3.57. The van der Waals surface area contributed by atoms with E-state index < -0.39 is 29.6 Å². The number of carbonyl (C=O) groups is 3. The maximum Gasteiger partial charge on any atom is 0.246 e. The zero-order valence-electron chi connectivity index (χ0n) is 21.3. The first-order valence-corrected chi connectivity index (χ1v) is 14.5. The summed E-state index contributed by atoms with van der Waals surface area (Å²) >= 11 is 1.59. The second-order valence-electron chi connectivity index (χ2n) is 10.6. The molecule has 2 saturated heterocycles. The van der Waals surface area contributed by atoms with Gasteiger partial charge in [-0.1, -0.05) is 43.5 Å². The highest BCUT2D eigenvalue weighted by atomic mass is 32.2. The molecule has 4 aliphatic rings. The van der Waals surface area contributed by atoms with Gasteiger partial charge in [0.25, 0.3) is 0 Å². The van der Waals surface area contributed by atoms with Gasteiger partial charge in [-0.15, -0.1) is 11.8 Å². The normalized spacial score (nSPS) is 29.9. The van der Waals surface area contributed by atoms with Gasteiger partial charge in [0.2, 0.25) is 17.7 Å². The number of pyridine rings is 1. The van der Waals surface area contributed by atoms with Crippen molar-refractivity contribution in [2.75, 3.05) is 11.6 Å². The van der Waals surface area contributed by atoms with Gasteiger partial charge in [0.05, 0.1) is 17.9 Å². The van der Waals surface area contributed by atoms with Crippen LogP contribution in [0.25, 0.3) is 0 Å². The van der Waals surface area contributed by atoms with Crippen LogP contribution in [0, 0.1) is 11.8 Å². The molecule has 9 heteroatoms. The number of anilines is 1. The van der Waals surface area contributed by atoms with E-state index in [1.54, 1.807) is 29.1 Å². The number of nitrogens with zero attached hydrogens (tertiary/aromatic N) is 2. The smallest absolute Gasteiger partial charge is 0.246 e. The number of fused-ring (bicyclic) bond motifs is 1. The lowest BCUT2D eigenvalue weighted by Crippen LogP contribution is -2.56. The van der Waals surface area contributed by atoms with E-state index in [9.17, 15) is 14.4 Å². The van der Waals surface area contributed by atoms with Gasteiger partial charge in [-0.05, 0) is 48.9 Å². The summed E-state index contributed by atoms with van der Waals surface area (Å²) in [4.78, 5) is 48.4. The molecule has 198 valence electrons. The van der Waals surface area contributed by atoms with Gasteiger partial charge in [-0.25, -0.2) is 0 Å². The van der Waals surface area contributed by atoms with E-state index in [1.165, 1.54) is 6.42 Å². The van der Waals surface area contributed by atoms with Crippen LogP contribution >= 0.6 is 11.8 Å². The molecular formula is C29H32N4O4S. The molecule has 6 rings (SSSR count). The molecule has 2 bridgehead atoms. The van der Waals surface area contributed by atoms with Crippen molar-refractivity contribution in [3.8, 4) is 0 Å². The molecule has 1 aromatic carbocycles. The standard InChI is InChI=1S/C29H32N4O4S/c1-38-21-11-5-10-20(15-21)32-26(34)23-22-12-13-29(37-22)24(23)28(36)33(17-18-7-6-14-30-16-18)25(29)27(35)31-19-8-3-2-4-9-19/h5-7,10-16,19,22-25H,2-4,8-9,17H2,1H3,(H,31,35)(H,32,34)/t22-,23-,24-,25-,29-/m0/s1. The molecule has 38 heavy (non-hydrogen) atoms. The molecule has 1 aromatic heterocycles. The fraction of sp³-hybridized carbons (Fsp3) is 0.448. The van der Waals surface area contributed by atoms with E-state index in [0.717, 1.165) is 36.1 Å². The minimum absolute atomic E-state index is 0.0902. The second-order valence-corrected chi connectivity index (χ2v) is 11.5. The van der Waals surface area contributed by atoms with E-state index in [-0.39, 0.29) is 30.3 Å². The number of likely N-dealkylation sites (tertiary alicyclic amines) is 1. The van der Waals surface area contributed by atoms with Gasteiger partial charge in [-0.3, -0.25) is 19.4 Å². The lowest BCUT2D eigenvalue weighted by molar-refractivity contribution is -0.142. The summed E-state index contributed by atoms with van der Waals surface area (Å²) in [6.45, 7) is 0.222. The van der Waals surface area contributed by atoms with Crippen molar-refractivity contribution < 1.29 is 19.1 Å². The maximum absolute atomic E-state index is 14.1. The Hall–Kier alpha value is -3.17. The Morgan fingerprint density at radius 1 is 1.16 bits per heavy atom. The molecule has 0 unspecified atom stereocenters. The lowest BCUT2D eigenvalue weighted by atomic mass is 9.74. The predicted molar refractivity (Wildman–Crippen MR) is 144 cm³/mol. The van der Waals surface area contributed by atoms with Crippen LogP contribution in [0.5, 0.6) is 0 Å². The summed E-state index contributed by atoms with van der Waals surface area (Å²) in [5.41, 5.74) is 0.319. The molecule has 2 N–H and O–H groups in total. The minimum atomic E-state index is -1.17. The number of hydrogen-bond acceptors (Lipinski definition) is 6. The summed E-state index contributed by atoms with van der Waals surface area (Å²) in [6.07, 6.45) is 13.7. The van der Waals surface area contributed by atoms with Gasteiger partial charge >= 0.3 is 0 Å². The van der Waals surface area contributed by atoms with E-state index in [4.69, 9.17) is 4.74 Å². The highest BCUT2D eigenvalue weighted by Gasteiger charge is 2.72. The van der Waals surface area contributed by atoms with Gasteiger partial charge in [-0.2, -0.15) is 0 Å². The van der Waals surface area contributed by atoms with E-state index in [2.05, 4.69) is 15.6 Å². The molecule has 3 aliphatic heterocycles. The van der Waals surface area contributed by atoms with Crippen LogP contribution in [0.3, 0.4) is 0 Å². The first-order chi connectivity index (χ1) is 18.5. The van der Waals surface area contributed by atoms with Gasteiger partial charge < -0.3 is 20.3 Å². The Morgan fingerprint density at radius 3 is 2.76 bits per heavy atom. The number of carbonyl (C=O) groups excluding carboxylic acids is 3. The summed E-state index contributed by atoms with van der Waals surface area (Å²) < 4.78 is 6.45. The van der Waals surface area contributed by atoms with Crippen molar-refractivity contribution in [2.24, 2.45) is 11.8 Å². The summed E-state index contributed by atoms with van der Waals surface area (Å²) in [7, 11) is 0. The third kappa shape index (κ3) is 4.31. The fourth-order valence-corrected chi connectivity index (χ4v) is 7.04. The average molecular weight is 533 g/mol. The number of nitrogens with one attached hydrogen (secondary N) is 2. The molecule has 5 atom stereocenters. The quantitative estimate of drug-likeness (QED) is 0.418. The van der Waals surface area contributed by atoms with Gasteiger partial charge in [0.1, 0.15) is 11.6 Å². The molecule has 2 aromatic rings. The highest BCUT2D eigenvalue weighted by molar-refractivity contribution is 7.98. The maximum atomic E-state index is 14.1. The third-order valence-corrected chi connectivity index (χ3v) is 9.01. The summed E-state index contributed by atoms with van der Waals surface area (Å²) in [5.74, 6) is -2.22. The van der Waals surface area contributed by atoms with E-state index in [0.29, 0.717) is 5.69 Å². The fourth-order valence-electron chi connectivity index (χ4n) is 6.58. The van der Waals surface area contributed by atoms with Gasteiger partial charge in [0, 0.05) is 35.6 Å². The lowest BCUT2D eigenvalue weighted by Gasteiger charge is -2.34.